The molecule has 0 saturated carbocycles. The molecular weight excluding hydrogens is 770 g/mol. The molecule has 1 saturated heterocycles. The molecule has 2 aromatic heterocycles. The largest absolute Gasteiger partial charge is 0.464 e. The number of carbonyl (C=O) groups excluding carboxylic acids is 3. The number of alkyl carbamates (subject to hydrolysis) is 1. The van der Waals surface area contributed by atoms with Gasteiger partial charge in [0.2, 0.25) is 5.91 Å². The molecule has 2 N–H and O–H groups in total. The number of amides is 2. The number of hydrogen-bond acceptors (Lipinski definition) is 12. The fourth-order valence-corrected chi connectivity index (χ4v) is 7.85. The van der Waals surface area contributed by atoms with Crippen molar-refractivity contribution in [2.24, 2.45) is 0 Å². The minimum absolute atomic E-state index is 0.133. The van der Waals surface area contributed by atoms with Crippen molar-refractivity contribution in [2.75, 3.05) is 24.6 Å². The zero-order valence-corrected chi connectivity index (χ0v) is 34.4. The lowest BCUT2D eigenvalue weighted by atomic mass is 9.95. The van der Waals surface area contributed by atoms with E-state index >= 15 is 0 Å². The van der Waals surface area contributed by atoms with Crippen LogP contribution in [0.15, 0.2) is 58.9 Å². The van der Waals surface area contributed by atoms with Crippen molar-refractivity contribution in [1.82, 2.24) is 20.6 Å². The number of aryl methyl sites for hydroxylation is 1. The second-order valence-electron chi connectivity index (χ2n) is 14.3. The van der Waals surface area contributed by atoms with Crippen molar-refractivity contribution in [3.63, 3.8) is 0 Å². The molecule has 2 atom stereocenters. The minimum atomic E-state index is -0.921. The Morgan fingerprint density at radius 2 is 1.61 bits per heavy atom. The fourth-order valence-electron chi connectivity index (χ4n) is 5.91. The molecule has 5 rings (SSSR count). The van der Waals surface area contributed by atoms with Crippen LogP contribution in [0, 0.1) is 22.7 Å². The Kier molecular flexibility index (Phi) is 14.4. The molecule has 0 aliphatic carbocycles. The smallest absolute Gasteiger partial charge is 0.408 e. The molecule has 1 fully saturated rings. The maximum Gasteiger partial charge on any atom is 0.408 e. The lowest BCUT2D eigenvalue weighted by Crippen LogP contribution is -2.50. The van der Waals surface area contributed by atoms with E-state index in [0.29, 0.717) is 51.2 Å². The average molecular weight is 814 g/mol. The third-order valence-corrected chi connectivity index (χ3v) is 10.9. The van der Waals surface area contributed by atoms with E-state index in [4.69, 9.17) is 31.0 Å². The molecule has 56 heavy (non-hydrogen) atoms. The number of thiazole rings is 1. The lowest BCUT2D eigenvalue weighted by Gasteiger charge is -2.22. The number of hydrogen-bond donors (Lipinski definition) is 2. The van der Waals surface area contributed by atoms with Crippen LogP contribution in [0.2, 0.25) is 5.02 Å². The zero-order valence-electron chi connectivity index (χ0n) is 32.0. The van der Waals surface area contributed by atoms with E-state index in [0.717, 1.165) is 53.3 Å². The van der Waals surface area contributed by atoms with Crippen LogP contribution in [0.5, 0.6) is 0 Å². The van der Waals surface area contributed by atoms with Crippen molar-refractivity contribution in [3.05, 3.63) is 81.3 Å². The van der Waals surface area contributed by atoms with Gasteiger partial charge in [0, 0.05) is 40.4 Å². The number of nitriles is 2. The molecule has 0 bridgehead atoms. The third kappa shape index (κ3) is 11.2. The van der Waals surface area contributed by atoms with Gasteiger partial charge in [-0.15, -0.1) is 11.3 Å². The first-order valence-corrected chi connectivity index (χ1v) is 20.5. The highest BCUT2D eigenvalue weighted by Crippen LogP contribution is 2.40. The normalized spacial score (nSPS) is 13.6. The minimum Gasteiger partial charge on any atom is -0.464 e. The van der Waals surface area contributed by atoms with Gasteiger partial charge in [-0.2, -0.15) is 10.5 Å². The first-order chi connectivity index (χ1) is 26.8. The number of carbonyl (C=O) groups is 3. The molecule has 1 aliphatic rings. The van der Waals surface area contributed by atoms with E-state index < -0.39 is 35.7 Å². The number of rotatable bonds is 14. The second kappa shape index (κ2) is 19.1. The van der Waals surface area contributed by atoms with E-state index in [2.05, 4.69) is 27.7 Å². The Morgan fingerprint density at radius 1 is 0.946 bits per heavy atom. The first-order valence-electron chi connectivity index (χ1n) is 18.3. The van der Waals surface area contributed by atoms with E-state index in [1.807, 2.05) is 53.9 Å². The van der Waals surface area contributed by atoms with Crippen LogP contribution in [-0.2, 0) is 31.2 Å². The summed E-state index contributed by atoms with van der Waals surface area (Å²) in [5, 5.41) is 30.0. The number of halogens is 1. The summed E-state index contributed by atoms with van der Waals surface area (Å²) in [6, 6.07) is 18.1. The van der Waals surface area contributed by atoms with Crippen LogP contribution in [0.1, 0.15) is 76.3 Å². The maximum absolute atomic E-state index is 12.6. The van der Waals surface area contributed by atoms with E-state index in [9.17, 15) is 24.9 Å². The van der Waals surface area contributed by atoms with Gasteiger partial charge in [-0.3, -0.25) is 4.79 Å². The van der Waals surface area contributed by atoms with Gasteiger partial charge in [0.1, 0.15) is 51.2 Å². The molecule has 0 unspecified atom stereocenters. The van der Waals surface area contributed by atoms with Gasteiger partial charge in [0.05, 0.1) is 17.9 Å². The molecule has 1 aliphatic heterocycles. The summed E-state index contributed by atoms with van der Waals surface area (Å²) >= 11 is 9.04. The topological polar surface area (TPSA) is 170 Å². The molecule has 4 aromatic rings. The molecule has 12 nitrogen and oxygen atoms in total. The number of benzene rings is 2. The Balaban J connectivity index is 1.23. The van der Waals surface area contributed by atoms with Crippen molar-refractivity contribution in [3.8, 4) is 33.8 Å². The molecular formula is C41H44ClN7O5S2. The second-order valence-corrected chi connectivity index (χ2v) is 16.5. The lowest BCUT2D eigenvalue weighted by molar-refractivity contribution is -0.147. The predicted molar refractivity (Wildman–Crippen MR) is 218 cm³/mol. The van der Waals surface area contributed by atoms with Crippen molar-refractivity contribution < 1.29 is 23.9 Å². The van der Waals surface area contributed by atoms with Crippen LogP contribution in [0.25, 0.3) is 21.7 Å². The van der Waals surface area contributed by atoms with Crippen molar-refractivity contribution in [1.29, 1.82) is 10.5 Å². The third-order valence-electron chi connectivity index (χ3n) is 8.71. The predicted octanol–water partition coefficient (Wildman–Crippen LogP) is 8.06. The molecule has 0 radical (unpaired) electrons. The summed E-state index contributed by atoms with van der Waals surface area (Å²) in [5.41, 5.74) is 4.12. The highest BCUT2D eigenvalue weighted by molar-refractivity contribution is 7.98. The monoisotopic (exact) mass is 813 g/mol. The Labute approximate surface area is 340 Å². The number of thioether (sulfide) groups is 1. The molecule has 2 amide bonds. The quantitative estimate of drug-likeness (QED) is 0.0717. The summed E-state index contributed by atoms with van der Waals surface area (Å²) < 4.78 is 10.6. The van der Waals surface area contributed by atoms with Crippen LogP contribution < -0.4 is 15.5 Å². The summed E-state index contributed by atoms with van der Waals surface area (Å²) in [7, 11) is 0. The number of pyridine rings is 1. The van der Waals surface area contributed by atoms with Gasteiger partial charge in [-0.1, -0.05) is 59.8 Å². The number of nitrogens with zero attached hydrogens (tertiary/aromatic N) is 5. The number of anilines is 1. The first kappa shape index (κ1) is 42.0. The Morgan fingerprint density at radius 3 is 2.25 bits per heavy atom. The number of esters is 1. The van der Waals surface area contributed by atoms with Gasteiger partial charge >= 0.3 is 12.1 Å². The zero-order chi connectivity index (χ0) is 40.4. The van der Waals surface area contributed by atoms with Gasteiger partial charge in [-0.05, 0) is 83.6 Å². The summed E-state index contributed by atoms with van der Waals surface area (Å²) in [5.74, 6) is -0.0551. The van der Waals surface area contributed by atoms with Gasteiger partial charge in [0.25, 0.3) is 0 Å². The van der Waals surface area contributed by atoms with E-state index in [1.165, 1.54) is 25.6 Å². The van der Waals surface area contributed by atoms with Crippen LogP contribution in [0.4, 0.5) is 10.6 Å². The Bertz CT molecular complexity index is 2120. The highest BCUT2D eigenvalue weighted by Gasteiger charge is 2.27. The number of aromatic nitrogens is 2. The standard InChI is InChI=1S/C41H44ClN7O5S2/c1-25(46-40(52)54-41(3,4)5)36(50)45-26(2)39(51)53-20-8-9-27-10-12-28(13-11-27)34-32(21-43)35(49-18-6-7-19-49)48-38(33(34)22-44)56-24-31-23-55-37(47-31)29-14-16-30(42)17-15-29/h10-17,23,25-26H,6-9,18-20,24H2,1-5H3,(H,45,50)(H,46,52)/t25-,26-/m0/s1. The van der Waals surface area contributed by atoms with Crippen molar-refractivity contribution in [2.45, 2.75) is 88.8 Å². The van der Waals surface area contributed by atoms with Crippen LogP contribution >= 0.6 is 34.7 Å². The number of nitrogens with one attached hydrogen (secondary N) is 2. The van der Waals surface area contributed by atoms with Gasteiger partial charge in [0.15, 0.2) is 0 Å². The van der Waals surface area contributed by atoms with Gasteiger partial charge in [-0.25, -0.2) is 19.6 Å². The molecule has 3 heterocycles. The maximum atomic E-state index is 12.6. The van der Waals surface area contributed by atoms with Crippen LogP contribution in [0.3, 0.4) is 0 Å². The fraction of sp³-hybridized carbons (Fsp3) is 0.390. The SMILES string of the molecule is C[C@H](NC(=O)OC(C)(C)C)C(=O)N[C@@H](C)C(=O)OCCCc1ccc(-c2c(C#N)c(SCc3csc(-c4ccc(Cl)cc4)n3)nc(N3CCCC3)c2C#N)cc1. The summed E-state index contributed by atoms with van der Waals surface area (Å²) in [4.78, 5) is 48.9. The average Bonchev–Trinajstić information content (AvgIpc) is 3.88. The van der Waals surface area contributed by atoms with Crippen LogP contribution in [-0.4, -0.2) is 65.3 Å². The summed E-state index contributed by atoms with van der Waals surface area (Å²) in [6.07, 6.45) is 2.40. The highest BCUT2D eigenvalue weighted by atomic mass is 35.5. The van der Waals surface area contributed by atoms with E-state index in [-0.39, 0.29) is 6.61 Å². The van der Waals surface area contributed by atoms with E-state index in [1.54, 1.807) is 32.1 Å². The molecule has 15 heteroatoms. The number of ether oxygens (including phenoxy) is 2. The summed E-state index contributed by atoms with van der Waals surface area (Å²) in [6.45, 7) is 9.86. The molecule has 292 valence electrons. The van der Waals surface area contributed by atoms with Gasteiger partial charge < -0.3 is 25.0 Å². The Hall–Kier alpha value is -5.15. The van der Waals surface area contributed by atoms with Crippen molar-refractivity contribution >= 4 is 58.5 Å². The molecule has 2 aromatic carbocycles. The molecule has 0 spiro atoms.